The molecule has 1 fully saturated rings. The van der Waals surface area contributed by atoms with Crippen molar-refractivity contribution in [3.05, 3.63) is 23.8 Å². The van der Waals surface area contributed by atoms with E-state index in [0.717, 1.165) is 29.8 Å². The van der Waals surface area contributed by atoms with E-state index in [9.17, 15) is 9.59 Å². The van der Waals surface area contributed by atoms with E-state index >= 15 is 0 Å². The van der Waals surface area contributed by atoms with E-state index in [1.807, 2.05) is 45.9 Å². The number of anilines is 2. The number of carbonyl (C=O) groups is 2. The van der Waals surface area contributed by atoms with Gasteiger partial charge in [-0.05, 0) is 58.2 Å². The van der Waals surface area contributed by atoms with Crippen molar-refractivity contribution in [3.63, 3.8) is 0 Å². The van der Waals surface area contributed by atoms with Gasteiger partial charge < -0.3 is 16.0 Å². The molecule has 0 spiro atoms. The van der Waals surface area contributed by atoms with Gasteiger partial charge in [-0.3, -0.25) is 9.59 Å². The van der Waals surface area contributed by atoms with Crippen LogP contribution in [0.25, 0.3) is 0 Å². The summed E-state index contributed by atoms with van der Waals surface area (Å²) in [5.74, 6) is 0.207. The standard InChI is InChI=1S/C17H25N3O2/c1-11-13(18-10-15(21)20-17(2,3)4)6-5-7-14(11)19-16(22)12-8-9-12/h5-7,12,18H,8-10H2,1-4H3,(H,19,22)(H,20,21). The quantitative estimate of drug-likeness (QED) is 0.783. The fourth-order valence-corrected chi connectivity index (χ4v) is 2.18. The molecule has 1 saturated carbocycles. The molecular weight excluding hydrogens is 278 g/mol. The Hall–Kier alpha value is -2.04. The molecule has 5 heteroatoms. The van der Waals surface area contributed by atoms with Crippen LogP contribution in [-0.2, 0) is 9.59 Å². The molecule has 0 heterocycles. The highest BCUT2D eigenvalue weighted by atomic mass is 16.2. The minimum atomic E-state index is -0.242. The van der Waals surface area contributed by atoms with Gasteiger partial charge in [-0.25, -0.2) is 0 Å². The van der Waals surface area contributed by atoms with E-state index in [1.54, 1.807) is 0 Å². The van der Waals surface area contributed by atoms with Crippen molar-refractivity contribution >= 4 is 23.2 Å². The molecule has 3 N–H and O–H groups in total. The topological polar surface area (TPSA) is 70.2 Å². The first-order valence-corrected chi connectivity index (χ1v) is 7.71. The lowest BCUT2D eigenvalue weighted by Gasteiger charge is -2.21. The van der Waals surface area contributed by atoms with Crippen molar-refractivity contribution in [1.82, 2.24) is 5.32 Å². The number of nitrogens with one attached hydrogen (secondary N) is 3. The number of benzene rings is 1. The minimum Gasteiger partial charge on any atom is -0.376 e. The molecule has 120 valence electrons. The second kappa shape index (κ2) is 6.38. The predicted molar refractivity (Wildman–Crippen MR) is 88.9 cm³/mol. The van der Waals surface area contributed by atoms with E-state index in [2.05, 4.69) is 16.0 Å². The summed E-state index contributed by atoms with van der Waals surface area (Å²) in [5.41, 5.74) is 2.37. The monoisotopic (exact) mass is 303 g/mol. The molecule has 0 atom stereocenters. The number of amides is 2. The lowest BCUT2D eigenvalue weighted by atomic mass is 10.1. The van der Waals surface area contributed by atoms with Crippen LogP contribution in [0.5, 0.6) is 0 Å². The highest BCUT2D eigenvalue weighted by Crippen LogP contribution is 2.31. The van der Waals surface area contributed by atoms with E-state index in [1.165, 1.54) is 0 Å². The van der Waals surface area contributed by atoms with Crippen LogP contribution in [0.1, 0.15) is 39.2 Å². The SMILES string of the molecule is Cc1c(NCC(=O)NC(C)(C)C)cccc1NC(=O)C1CC1. The second-order valence-electron chi connectivity index (χ2n) is 6.89. The maximum absolute atomic E-state index is 11.9. The molecule has 0 saturated heterocycles. The van der Waals surface area contributed by atoms with Crippen molar-refractivity contribution in [3.8, 4) is 0 Å². The van der Waals surface area contributed by atoms with Gasteiger partial charge in [0.2, 0.25) is 11.8 Å². The first-order chi connectivity index (χ1) is 10.3. The summed E-state index contributed by atoms with van der Waals surface area (Å²) in [6.45, 7) is 7.99. The van der Waals surface area contributed by atoms with Gasteiger partial charge in [-0.2, -0.15) is 0 Å². The molecule has 0 aliphatic heterocycles. The predicted octanol–water partition coefficient (Wildman–Crippen LogP) is 2.67. The molecule has 5 nitrogen and oxygen atoms in total. The summed E-state index contributed by atoms with van der Waals surface area (Å²) in [6, 6.07) is 5.67. The van der Waals surface area contributed by atoms with Gasteiger partial charge >= 0.3 is 0 Å². The molecule has 1 aliphatic carbocycles. The molecule has 2 amide bonds. The van der Waals surface area contributed by atoms with Crippen molar-refractivity contribution in [2.45, 2.75) is 46.1 Å². The van der Waals surface area contributed by atoms with Crippen LogP contribution in [0, 0.1) is 12.8 Å². The van der Waals surface area contributed by atoms with Crippen LogP contribution >= 0.6 is 0 Å². The first-order valence-electron chi connectivity index (χ1n) is 7.71. The van der Waals surface area contributed by atoms with Crippen LogP contribution in [0.4, 0.5) is 11.4 Å². The van der Waals surface area contributed by atoms with E-state index in [4.69, 9.17) is 0 Å². The Morgan fingerprint density at radius 1 is 1.18 bits per heavy atom. The lowest BCUT2D eigenvalue weighted by molar-refractivity contribution is -0.120. The molecule has 22 heavy (non-hydrogen) atoms. The highest BCUT2D eigenvalue weighted by Gasteiger charge is 2.29. The molecule has 2 rings (SSSR count). The minimum absolute atomic E-state index is 0.0562. The fourth-order valence-electron chi connectivity index (χ4n) is 2.18. The average molecular weight is 303 g/mol. The van der Waals surface area contributed by atoms with Gasteiger partial charge in [-0.1, -0.05) is 6.07 Å². The van der Waals surface area contributed by atoms with Gasteiger partial charge in [0.25, 0.3) is 0 Å². The maximum atomic E-state index is 11.9. The fraction of sp³-hybridized carbons (Fsp3) is 0.529. The second-order valence-corrected chi connectivity index (χ2v) is 6.89. The van der Waals surface area contributed by atoms with Gasteiger partial charge in [0.05, 0.1) is 6.54 Å². The largest absolute Gasteiger partial charge is 0.376 e. The molecule has 1 aromatic rings. The summed E-state index contributed by atoms with van der Waals surface area (Å²) in [5, 5.41) is 9.00. The van der Waals surface area contributed by atoms with E-state index in [0.29, 0.717) is 0 Å². The summed E-state index contributed by atoms with van der Waals surface area (Å²) in [7, 11) is 0. The number of hydrogen-bond acceptors (Lipinski definition) is 3. The van der Waals surface area contributed by atoms with Crippen molar-refractivity contribution in [2.75, 3.05) is 17.2 Å². The third kappa shape index (κ3) is 4.76. The molecular formula is C17H25N3O2. The van der Waals surface area contributed by atoms with Gasteiger partial charge in [0.1, 0.15) is 0 Å². The number of carbonyl (C=O) groups excluding carboxylic acids is 2. The first kappa shape index (κ1) is 16.3. The van der Waals surface area contributed by atoms with Crippen LogP contribution in [-0.4, -0.2) is 23.9 Å². The summed E-state index contributed by atoms with van der Waals surface area (Å²) in [6.07, 6.45) is 1.96. The molecule has 1 aromatic carbocycles. The van der Waals surface area contributed by atoms with Crippen LogP contribution in [0.15, 0.2) is 18.2 Å². The summed E-state index contributed by atoms with van der Waals surface area (Å²) >= 11 is 0. The van der Waals surface area contributed by atoms with Gasteiger partial charge in [0.15, 0.2) is 0 Å². The third-order valence-electron chi connectivity index (χ3n) is 3.49. The summed E-state index contributed by atoms with van der Waals surface area (Å²) < 4.78 is 0. The number of rotatable bonds is 5. The Bertz CT molecular complexity index is 572. The smallest absolute Gasteiger partial charge is 0.239 e. The van der Waals surface area contributed by atoms with Crippen molar-refractivity contribution < 1.29 is 9.59 Å². The van der Waals surface area contributed by atoms with Gasteiger partial charge in [-0.15, -0.1) is 0 Å². The van der Waals surface area contributed by atoms with Crippen LogP contribution < -0.4 is 16.0 Å². The Morgan fingerprint density at radius 2 is 1.82 bits per heavy atom. The van der Waals surface area contributed by atoms with Crippen LogP contribution in [0.2, 0.25) is 0 Å². The molecule has 0 unspecified atom stereocenters. The normalized spacial score (nSPS) is 14.4. The van der Waals surface area contributed by atoms with Crippen LogP contribution in [0.3, 0.4) is 0 Å². The zero-order valence-corrected chi connectivity index (χ0v) is 13.7. The highest BCUT2D eigenvalue weighted by molar-refractivity contribution is 5.95. The summed E-state index contributed by atoms with van der Waals surface area (Å²) in [4.78, 5) is 23.7. The molecule has 0 aromatic heterocycles. The Kier molecular flexibility index (Phi) is 4.74. The average Bonchev–Trinajstić information content (AvgIpc) is 3.22. The molecule has 0 radical (unpaired) electrons. The van der Waals surface area contributed by atoms with E-state index in [-0.39, 0.29) is 29.8 Å². The van der Waals surface area contributed by atoms with E-state index < -0.39 is 0 Å². The van der Waals surface area contributed by atoms with Crippen molar-refractivity contribution in [2.24, 2.45) is 5.92 Å². The Labute approximate surface area is 131 Å². The maximum Gasteiger partial charge on any atom is 0.239 e. The zero-order chi connectivity index (χ0) is 16.3. The molecule has 0 bridgehead atoms. The Morgan fingerprint density at radius 3 is 2.41 bits per heavy atom. The molecule has 1 aliphatic rings. The van der Waals surface area contributed by atoms with Gasteiger partial charge in [0, 0.05) is 22.8 Å². The lowest BCUT2D eigenvalue weighted by Crippen LogP contribution is -2.43. The third-order valence-corrected chi connectivity index (χ3v) is 3.49. The Balaban J connectivity index is 1.96. The number of hydrogen-bond donors (Lipinski definition) is 3. The van der Waals surface area contributed by atoms with Crippen molar-refractivity contribution in [1.29, 1.82) is 0 Å². The zero-order valence-electron chi connectivity index (χ0n) is 13.7.